The van der Waals surface area contributed by atoms with Gasteiger partial charge in [-0.25, -0.2) is 0 Å². The van der Waals surface area contributed by atoms with E-state index >= 15 is 0 Å². The first-order chi connectivity index (χ1) is 12.5. The second kappa shape index (κ2) is 6.26. The number of pyridine rings is 1. The Bertz CT molecular complexity index is 883. The smallest absolute Gasteiger partial charge is 0.230 e. The number of aliphatic hydroxyl groups is 1. The molecule has 1 aromatic carbocycles. The normalized spacial score (nSPS) is 24.3. The SMILES string of the molecule is Cc1ccc(O)c(C2NC(=O)C3Cc4c(CO)cnc(C)c4OC3N2)c1. The van der Waals surface area contributed by atoms with Crippen molar-refractivity contribution in [1.29, 1.82) is 0 Å². The van der Waals surface area contributed by atoms with Gasteiger partial charge in [-0.1, -0.05) is 11.6 Å². The molecule has 0 saturated carbocycles. The zero-order valence-electron chi connectivity index (χ0n) is 14.6. The zero-order chi connectivity index (χ0) is 18.4. The highest BCUT2D eigenvalue weighted by Gasteiger charge is 2.43. The van der Waals surface area contributed by atoms with Gasteiger partial charge in [-0.05, 0) is 32.4 Å². The molecule has 4 rings (SSSR count). The molecule has 3 heterocycles. The van der Waals surface area contributed by atoms with Crippen LogP contribution in [-0.2, 0) is 17.8 Å². The quantitative estimate of drug-likeness (QED) is 0.645. The van der Waals surface area contributed by atoms with Gasteiger partial charge in [-0.15, -0.1) is 0 Å². The molecular weight excluding hydrogens is 334 g/mol. The summed E-state index contributed by atoms with van der Waals surface area (Å²) in [4.78, 5) is 17.0. The molecule has 1 saturated heterocycles. The van der Waals surface area contributed by atoms with E-state index in [1.807, 2.05) is 26.0 Å². The number of hydrogen-bond acceptors (Lipinski definition) is 6. The van der Waals surface area contributed by atoms with Crippen molar-refractivity contribution >= 4 is 5.91 Å². The second-order valence-electron chi connectivity index (χ2n) is 6.85. The van der Waals surface area contributed by atoms with Gasteiger partial charge in [0.15, 0.2) is 6.23 Å². The first-order valence-electron chi connectivity index (χ1n) is 8.58. The summed E-state index contributed by atoms with van der Waals surface area (Å²) in [6, 6.07) is 5.26. The molecule has 26 heavy (non-hydrogen) atoms. The number of rotatable bonds is 2. The summed E-state index contributed by atoms with van der Waals surface area (Å²) in [5, 5.41) is 25.9. The van der Waals surface area contributed by atoms with Crippen molar-refractivity contribution in [2.45, 2.75) is 39.3 Å². The van der Waals surface area contributed by atoms with E-state index in [2.05, 4.69) is 15.6 Å². The van der Waals surface area contributed by atoms with Crippen LogP contribution >= 0.6 is 0 Å². The van der Waals surface area contributed by atoms with Gasteiger partial charge in [0.05, 0.1) is 18.2 Å². The Balaban J connectivity index is 1.68. The van der Waals surface area contributed by atoms with Crippen LogP contribution in [-0.4, -0.2) is 27.3 Å². The van der Waals surface area contributed by atoms with Crippen LogP contribution in [0.25, 0.3) is 0 Å². The monoisotopic (exact) mass is 355 g/mol. The van der Waals surface area contributed by atoms with Gasteiger partial charge in [0.25, 0.3) is 0 Å². The summed E-state index contributed by atoms with van der Waals surface area (Å²) in [5.74, 6) is 0.164. The number of aromatic nitrogens is 1. The van der Waals surface area contributed by atoms with E-state index in [1.165, 1.54) is 0 Å². The number of aliphatic hydroxyl groups excluding tert-OH is 1. The number of phenolic OH excluding ortho intramolecular Hbond substituents is 1. The third-order valence-corrected chi connectivity index (χ3v) is 5.06. The molecule has 7 heteroatoms. The number of nitrogens with zero attached hydrogens (tertiary/aromatic N) is 1. The number of amides is 1. The largest absolute Gasteiger partial charge is 0.508 e. The Morgan fingerprint density at radius 3 is 2.92 bits per heavy atom. The lowest BCUT2D eigenvalue weighted by molar-refractivity contribution is -0.135. The number of aryl methyl sites for hydroxylation is 2. The molecule has 1 amide bonds. The standard InChI is InChI=1S/C19H21N3O4/c1-9-3-4-15(24)13(5-9)17-21-18(25)14-6-12-11(8-23)7-20-10(2)16(12)26-19(14)22-17/h3-5,7,14,17,19,22-24H,6,8H2,1-2H3,(H,21,25). The molecule has 7 nitrogen and oxygen atoms in total. The molecule has 0 spiro atoms. The lowest BCUT2D eigenvalue weighted by Crippen LogP contribution is -2.60. The topological polar surface area (TPSA) is 104 Å². The van der Waals surface area contributed by atoms with Crippen molar-refractivity contribution in [2.75, 3.05) is 0 Å². The number of nitrogens with one attached hydrogen (secondary N) is 2. The predicted molar refractivity (Wildman–Crippen MR) is 93.4 cm³/mol. The van der Waals surface area contributed by atoms with Crippen molar-refractivity contribution in [3.63, 3.8) is 0 Å². The second-order valence-corrected chi connectivity index (χ2v) is 6.85. The maximum Gasteiger partial charge on any atom is 0.230 e. The van der Waals surface area contributed by atoms with Crippen molar-refractivity contribution < 1.29 is 19.7 Å². The van der Waals surface area contributed by atoms with E-state index in [0.717, 1.165) is 16.8 Å². The van der Waals surface area contributed by atoms with Crippen molar-refractivity contribution in [2.24, 2.45) is 5.92 Å². The summed E-state index contributed by atoms with van der Waals surface area (Å²) in [5.41, 5.74) is 3.81. The summed E-state index contributed by atoms with van der Waals surface area (Å²) < 4.78 is 6.07. The first-order valence-corrected chi connectivity index (χ1v) is 8.58. The van der Waals surface area contributed by atoms with E-state index < -0.39 is 18.3 Å². The number of fused-ring (bicyclic) bond motifs is 2. The van der Waals surface area contributed by atoms with Crippen molar-refractivity contribution in [1.82, 2.24) is 15.6 Å². The summed E-state index contributed by atoms with van der Waals surface area (Å²) in [7, 11) is 0. The highest BCUT2D eigenvalue weighted by atomic mass is 16.5. The van der Waals surface area contributed by atoms with E-state index in [-0.39, 0.29) is 18.3 Å². The van der Waals surface area contributed by atoms with Gasteiger partial charge in [0.2, 0.25) is 5.91 Å². The predicted octanol–water partition coefficient (Wildman–Crippen LogP) is 1.19. The Hall–Kier alpha value is -2.64. The van der Waals surface area contributed by atoms with Crippen LogP contribution in [0.2, 0.25) is 0 Å². The highest BCUT2D eigenvalue weighted by Crippen LogP contribution is 2.37. The number of phenols is 1. The lowest BCUT2D eigenvalue weighted by Gasteiger charge is -2.41. The van der Waals surface area contributed by atoms with E-state index in [1.54, 1.807) is 12.3 Å². The van der Waals surface area contributed by atoms with Crippen LogP contribution in [0.3, 0.4) is 0 Å². The van der Waals surface area contributed by atoms with Gasteiger partial charge in [-0.2, -0.15) is 0 Å². The fourth-order valence-electron chi connectivity index (χ4n) is 3.64. The average molecular weight is 355 g/mol. The van der Waals surface area contributed by atoms with E-state index in [0.29, 0.717) is 23.3 Å². The fraction of sp³-hybridized carbons (Fsp3) is 0.368. The summed E-state index contributed by atoms with van der Waals surface area (Å²) in [6.07, 6.45) is 1.01. The van der Waals surface area contributed by atoms with Gasteiger partial charge in [0, 0.05) is 22.9 Å². The minimum absolute atomic E-state index is 0.114. The Morgan fingerprint density at radius 1 is 1.35 bits per heavy atom. The molecule has 0 aliphatic carbocycles. The number of carbonyl (C=O) groups excluding carboxylic acids is 1. The van der Waals surface area contributed by atoms with Crippen LogP contribution in [0.5, 0.6) is 11.5 Å². The molecule has 0 radical (unpaired) electrons. The number of ether oxygens (including phenoxy) is 1. The minimum Gasteiger partial charge on any atom is -0.508 e. The first kappa shape index (κ1) is 16.8. The summed E-state index contributed by atoms with van der Waals surface area (Å²) >= 11 is 0. The van der Waals surface area contributed by atoms with Gasteiger partial charge >= 0.3 is 0 Å². The van der Waals surface area contributed by atoms with Crippen molar-refractivity contribution in [3.05, 3.63) is 52.3 Å². The maximum atomic E-state index is 12.7. The Labute approximate surface area is 151 Å². The molecule has 2 aliphatic rings. The van der Waals surface area contributed by atoms with Gasteiger partial charge < -0.3 is 20.3 Å². The van der Waals surface area contributed by atoms with Gasteiger partial charge in [-0.3, -0.25) is 15.1 Å². The van der Waals surface area contributed by atoms with Crippen LogP contribution in [0.15, 0.2) is 24.4 Å². The third kappa shape index (κ3) is 2.69. The molecular formula is C19H21N3O4. The Morgan fingerprint density at radius 2 is 2.15 bits per heavy atom. The molecule has 3 unspecified atom stereocenters. The maximum absolute atomic E-state index is 12.7. The minimum atomic E-state index is -0.542. The molecule has 1 fully saturated rings. The number of aromatic hydroxyl groups is 1. The third-order valence-electron chi connectivity index (χ3n) is 5.06. The van der Waals surface area contributed by atoms with Crippen LogP contribution in [0.1, 0.15) is 34.1 Å². The zero-order valence-corrected chi connectivity index (χ0v) is 14.6. The molecule has 136 valence electrons. The molecule has 4 N–H and O–H groups in total. The molecule has 3 atom stereocenters. The van der Waals surface area contributed by atoms with Crippen LogP contribution in [0.4, 0.5) is 0 Å². The van der Waals surface area contributed by atoms with Crippen LogP contribution in [0, 0.1) is 19.8 Å². The summed E-state index contributed by atoms with van der Waals surface area (Å²) in [6.45, 7) is 3.62. The Kier molecular flexibility index (Phi) is 4.05. The average Bonchev–Trinajstić information content (AvgIpc) is 2.63. The molecule has 0 bridgehead atoms. The molecule has 2 aromatic rings. The number of benzene rings is 1. The number of carbonyl (C=O) groups is 1. The number of hydrogen-bond donors (Lipinski definition) is 4. The van der Waals surface area contributed by atoms with Crippen molar-refractivity contribution in [3.8, 4) is 11.5 Å². The van der Waals surface area contributed by atoms with Crippen LogP contribution < -0.4 is 15.4 Å². The lowest BCUT2D eigenvalue weighted by atomic mass is 9.88. The fourth-order valence-corrected chi connectivity index (χ4v) is 3.64. The van der Waals surface area contributed by atoms with Gasteiger partial charge in [0.1, 0.15) is 17.7 Å². The molecule has 2 aliphatic heterocycles. The van der Waals surface area contributed by atoms with E-state index in [4.69, 9.17) is 4.74 Å². The van der Waals surface area contributed by atoms with E-state index in [9.17, 15) is 15.0 Å². The highest BCUT2D eigenvalue weighted by molar-refractivity contribution is 5.81. The molecule has 1 aromatic heterocycles.